The number of ether oxygens (including phenoxy) is 1. The highest BCUT2D eigenvalue weighted by atomic mass is 16.5. The fourth-order valence-corrected chi connectivity index (χ4v) is 2.61. The lowest BCUT2D eigenvalue weighted by atomic mass is 9.83. The van der Waals surface area contributed by atoms with Crippen LogP contribution in [-0.4, -0.2) is 39.9 Å². The van der Waals surface area contributed by atoms with Crippen molar-refractivity contribution < 1.29 is 4.74 Å². The molecular formula is C13H28N2O. The van der Waals surface area contributed by atoms with Crippen LogP contribution in [0.4, 0.5) is 0 Å². The van der Waals surface area contributed by atoms with Crippen molar-refractivity contribution in [1.82, 2.24) is 10.6 Å². The molecule has 1 aliphatic carbocycles. The summed E-state index contributed by atoms with van der Waals surface area (Å²) in [7, 11) is 1.74. The molecule has 0 atom stereocenters. The minimum absolute atomic E-state index is 0.618. The van der Waals surface area contributed by atoms with E-state index < -0.39 is 0 Å². The Morgan fingerprint density at radius 1 is 1.06 bits per heavy atom. The second-order valence-corrected chi connectivity index (χ2v) is 4.98. The number of hydrogen-bond donors (Lipinski definition) is 2. The first-order valence-corrected chi connectivity index (χ1v) is 6.73. The van der Waals surface area contributed by atoms with Gasteiger partial charge in [-0.05, 0) is 24.7 Å². The molecule has 1 fully saturated rings. The highest BCUT2D eigenvalue weighted by molar-refractivity contribution is 4.85. The molecule has 1 rings (SSSR count). The lowest BCUT2D eigenvalue weighted by Gasteiger charge is -2.27. The van der Waals surface area contributed by atoms with E-state index in [0.29, 0.717) is 5.41 Å². The molecule has 0 unspecified atom stereocenters. The van der Waals surface area contributed by atoms with Gasteiger partial charge in [0.2, 0.25) is 0 Å². The summed E-state index contributed by atoms with van der Waals surface area (Å²) >= 11 is 0. The molecule has 0 aliphatic heterocycles. The largest absolute Gasteiger partial charge is 0.383 e. The van der Waals surface area contributed by atoms with Crippen LogP contribution in [0.3, 0.4) is 0 Å². The van der Waals surface area contributed by atoms with Crippen molar-refractivity contribution >= 4 is 0 Å². The zero-order chi connectivity index (χ0) is 11.7. The van der Waals surface area contributed by atoms with Crippen molar-refractivity contribution in [2.24, 2.45) is 5.41 Å². The van der Waals surface area contributed by atoms with Gasteiger partial charge >= 0.3 is 0 Å². The standard InChI is InChI=1S/C13H28N2O/c1-3-13(6-4-5-7-13)12-15-9-8-14-10-11-16-2/h14-15H,3-12H2,1-2H3. The van der Waals surface area contributed by atoms with Crippen LogP contribution in [0.15, 0.2) is 0 Å². The van der Waals surface area contributed by atoms with E-state index in [1.54, 1.807) is 7.11 Å². The van der Waals surface area contributed by atoms with Crippen molar-refractivity contribution in [3.8, 4) is 0 Å². The highest BCUT2D eigenvalue weighted by Gasteiger charge is 2.31. The smallest absolute Gasteiger partial charge is 0.0587 e. The molecule has 0 amide bonds. The zero-order valence-electron chi connectivity index (χ0n) is 11.0. The predicted molar refractivity (Wildman–Crippen MR) is 68.8 cm³/mol. The summed E-state index contributed by atoms with van der Waals surface area (Å²) in [5.41, 5.74) is 0.618. The minimum Gasteiger partial charge on any atom is -0.383 e. The molecule has 1 saturated carbocycles. The third kappa shape index (κ3) is 4.81. The molecule has 0 aromatic rings. The Morgan fingerprint density at radius 3 is 2.38 bits per heavy atom. The maximum absolute atomic E-state index is 4.98. The van der Waals surface area contributed by atoms with Gasteiger partial charge in [-0.2, -0.15) is 0 Å². The summed E-state index contributed by atoms with van der Waals surface area (Å²) in [6, 6.07) is 0. The van der Waals surface area contributed by atoms with Crippen LogP contribution in [-0.2, 0) is 4.74 Å². The Balaban J connectivity index is 1.97. The molecule has 0 spiro atoms. The Labute approximate surface area is 100 Å². The molecule has 0 heterocycles. The molecular weight excluding hydrogens is 200 g/mol. The average Bonchev–Trinajstić information content (AvgIpc) is 2.77. The van der Waals surface area contributed by atoms with E-state index in [0.717, 1.165) is 26.2 Å². The van der Waals surface area contributed by atoms with Crippen LogP contribution < -0.4 is 10.6 Å². The Bertz CT molecular complexity index is 167. The average molecular weight is 228 g/mol. The van der Waals surface area contributed by atoms with Gasteiger partial charge in [-0.3, -0.25) is 0 Å². The fourth-order valence-electron chi connectivity index (χ4n) is 2.61. The first-order chi connectivity index (χ1) is 7.83. The maximum Gasteiger partial charge on any atom is 0.0587 e. The van der Waals surface area contributed by atoms with E-state index in [9.17, 15) is 0 Å². The van der Waals surface area contributed by atoms with Gasteiger partial charge in [0.1, 0.15) is 0 Å². The maximum atomic E-state index is 4.98. The Kier molecular flexibility index (Phi) is 7.01. The van der Waals surface area contributed by atoms with E-state index in [-0.39, 0.29) is 0 Å². The van der Waals surface area contributed by atoms with Crippen LogP contribution in [0.5, 0.6) is 0 Å². The fraction of sp³-hybridized carbons (Fsp3) is 1.00. The lowest BCUT2D eigenvalue weighted by molar-refractivity contribution is 0.199. The highest BCUT2D eigenvalue weighted by Crippen LogP contribution is 2.40. The van der Waals surface area contributed by atoms with Crippen molar-refractivity contribution in [3.05, 3.63) is 0 Å². The predicted octanol–water partition coefficient (Wildman–Crippen LogP) is 1.78. The summed E-state index contributed by atoms with van der Waals surface area (Å²) in [5.74, 6) is 0. The van der Waals surface area contributed by atoms with Gasteiger partial charge < -0.3 is 15.4 Å². The van der Waals surface area contributed by atoms with E-state index >= 15 is 0 Å². The quantitative estimate of drug-likeness (QED) is 0.590. The molecule has 0 bridgehead atoms. The van der Waals surface area contributed by atoms with Gasteiger partial charge in [-0.25, -0.2) is 0 Å². The molecule has 0 saturated heterocycles. The minimum atomic E-state index is 0.618. The molecule has 96 valence electrons. The van der Waals surface area contributed by atoms with Gasteiger partial charge in [-0.1, -0.05) is 19.8 Å². The van der Waals surface area contributed by atoms with E-state index in [2.05, 4.69) is 17.6 Å². The Hall–Kier alpha value is -0.120. The van der Waals surface area contributed by atoms with E-state index in [1.807, 2.05) is 0 Å². The van der Waals surface area contributed by atoms with Crippen LogP contribution in [0, 0.1) is 5.41 Å². The monoisotopic (exact) mass is 228 g/mol. The van der Waals surface area contributed by atoms with Gasteiger partial charge in [-0.15, -0.1) is 0 Å². The van der Waals surface area contributed by atoms with Crippen molar-refractivity contribution in [3.63, 3.8) is 0 Å². The molecule has 0 aromatic carbocycles. The summed E-state index contributed by atoms with van der Waals surface area (Å²) in [6.45, 7) is 7.42. The molecule has 2 N–H and O–H groups in total. The second-order valence-electron chi connectivity index (χ2n) is 4.98. The molecule has 0 aromatic heterocycles. The SMILES string of the molecule is CCC1(CNCCNCCOC)CCCC1. The molecule has 16 heavy (non-hydrogen) atoms. The van der Waals surface area contributed by atoms with Crippen molar-refractivity contribution in [2.75, 3.05) is 39.9 Å². The van der Waals surface area contributed by atoms with Gasteiger partial charge in [0.05, 0.1) is 6.61 Å². The second kappa shape index (κ2) is 8.04. The lowest BCUT2D eigenvalue weighted by Crippen LogP contribution is -2.36. The number of hydrogen-bond acceptors (Lipinski definition) is 3. The first-order valence-electron chi connectivity index (χ1n) is 6.73. The summed E-state index contributed by atoms with van der Waals surface area (Å²) in [5, 5.41) is 6.95. The van der Waals surface area contributed by atoms with Gasteiger partial charge in [0.25, 0.3) is 0 Å². The van der Waals surface area contributed by atoms with E-state index in [4.69, 9.17) is 4.74 Å². The van der Waals surface area contributed by atoms with Gasteiger partial charge in [0.15, 0.2) is 0 Å². The molecule has 3 heteroatoms. The first kappa shape index (κ1) is 13.9. The van der Waals surface area contributed by atoms with Crippen LogP contribution in [0.25, 0.3) is 0 Å². The van der Waals surface area contributed by atoms with E-state index in [1.165, 1.54) is 38.6 Å². The third-order valence-electron chi connectivity index (χ3n) is 3.88. The van der Waals surface area contributed by atoms with Crippen LogP contribution in [0.2, 0.25) is 0 Å². The zero-order valence-corrected chi connectivity index (χ0v) is 11.0. The normalized spacial score (nSPS) is 19.1. The number of methoxy groups -OCH3 is 1. The topological polar surface area (TPSA) is 33.3 Å². The molecule has 3 nitrogen and oxygen atoms in total. The van der Waals surface area contributed by atoms with Crippen LogP contribution in [0.1, 0.15) is 39.0 Å². The van der Waals surface area contributed by atoms with Gasteiger partial charge in [0, 0.05) is 33.3 Å². The Morgan fingerprint density at radius 2 is 1.75 bits per heavy atom. The summed E-state index contributed by atoms with van der Waals surface area (Å²) in [6.07, 6.45) is 7.04. The summed E-state index contributed by atoms with van der Waals surface area (Å²) in [4.78, 5) is 0. The van der Waals surface area contributed by atoms with Crippen molar-refractivity contribution in [1.29, 1.82) is 0 Å². The third-order valence-corrected chi connectivity index (χ3v) is 3.88. The number of nitrogens with one attached hydrogen (secondary N) is 2. The summed E-state index contributed by atoms with van der Waals surface area (Å²) < 4.78 is 4.98. The van der Waals surface area contributed by atoms with Crippen molar-refractivity contribution in [2.45, 2.75) is 39.0 Å². The molecule has 1 aliphatic rings. The van der Waals surface area contributed by atoms with Crippen LogP contribution >= 0.6 is 0 Å². The molecule has 0 radical (unpaired) electrons. The number of rotatable bonds is 9.